The third kappa shape index (κ3) is 14.7. The van der Waals surface area contributed by atoms with Crippen molar-refractivity contribution >= 4 is 10.3 Å². The van der Waals surface area contributed by atoms with E-state index in [1.54, 1.807) is 0 Å². The molecule has 0 spiro atoms. The maximum atomic E-state index is 9.74. The fraction of sp³-hybridized carbons (Fsp3) is 0.882. The number of allylic oxidation sites excluding steroid dienone is 1. The summed E-state index contributed by atoms with van der Waals surface area (Å²) in [4.78, 5) is 0. The van der Waals surface area contributed by atoms with Crippen LogP contribution in [0, 0.1) is 5.92 Å². The Balaban J connectivity index is 0. The lowest BCUT2D eigenvalue weighted by atomic mass is 10.1. The van der Waals surface area contributed by atoms with Gasteiger partial charge in [-0.1, -0.05) is 46.6 Å². The summed E-state index contributed by atoms with van der Waals surface area (Å²) >= 11 is 0. The van der Waals surface area contributed by atoms with Gasteiger partial charge in [-0.05, 0) is 44.6 Å². The summed E-state index contributed by atoms with van der Waals surface area (Å²) in [6.45, 7) is 14.6. The molecule has 1 atom stereocenters. The second-order valence-electron chi connectivity index (χ2n) is 7.22. The molecule has 0 saturated heterocycles. The predicted molar refractivity (Wildman–Crippen MR) is 97.1 cm³/mol. The van der Waals surface area contributed by atoms with E-state index >= 15 is 0 Å². The molecule has 0 aromatic carbocycles. The summed E-state index contributed by atoms with van der Waals surface area (Å²) in [5.74, 6) is 0.260. The van der Waals surface area contributed by atoms with E-state index in [2.05, 4.69) is 33.4 Å². The van der Waals surface area contributed by atoms with Crippen LogP contribution in [0.15, 0.2) is 12.7 Å². The molecule has 1 aliphatic rings. The summed E-state index contributed by atoms with van der Waals surface area (Å²) < 4.78 is 9.83. The van der Waals surface area contributed by atoms with Gasteiger partial charge in [-0.3, -0.25) is 0 Å². The lowest BCUT2D eigenvalue weighted by molar-refractivity contribution is -0.127. The molecule has 21 heavy (non-hydrogen) atoms. The van der Waals surface area contributed by atoms with Crippen molar-refractivity contribution < 1.29 is 14.8 Å². The van der Waals surface area contributed by atoms with Crippen LogP contribution < -0.4 is 0 Å². The summed E-state index contributed by atoms with van der Waals surface area (Å²) in [7, 11) is -1.34. The Kier molecular flexibility index (Phi) is 10.9. The molecule has 3 N–H and O–H groups in total. The highest BCUT2D eigenvalue weighted by atomic mass is 32.3. The van der Waals surface area contributed by atoms with Crippen LogP contribution in [0.25, 0.3) is 0 Å². The zero-order valence-corrected chi connectivity index (χ0v) is 16.0. The highest BCUT2D eigenvalue weighted by Crippen LogP contribution is 2.51. The first-order valence-electron chi connectivity index (χ1n) is 7.80. The van der Waals surface area contributed by atoms with Crippen LogP contribution in [0.4, 0.5) is 0 Å². The second-order valence-corrected chi connectivity index (χ2v) is 11.1. The lowest BCUT2D eigenvalue weighted by Gasteiger charge is -2.41. The van der Waals surface area contributed by atoms with E-state index in [4.69, 9.17) is 10.2 Å². The summed E-state index contributed by atoms with van der Waals surface area (Å²) in [5, 5.41) is 16.2. The van der Waals surface area contributed by atoms with Crippen molar-refractivity contribution in [2.24, 2.45) is 5.92 Å². The van der Waals surface area contributed by atoms with Crippen LogP contribution in [0.2, 0.25) is 0 Å². The van der Waals surface area contributed by atoms with Gasteiger partial charge in [0.25, 0.3) is 0 Å². The molecule has 0 aromatic rings. The molecule has 3 nitrogen and oxygen atoms in total. The minimum atomic E-state index is -1.50. The van der Waals surface area contributed by atoms with Crippen molar-refractivity contribution in [2.45, 2.75) is 77.8 Å². The Labute approximate surface area is 134 Å². The second kappa shape index (κ2) is 9.88. The van der Waals surface area contributed by atoms with E-state index in [-0.39, 0.29) is 4.75 Å². The maximum absolute atomic E-state index is 9.74. The molecular formula is C17H38O3S. The Morgan fingerprint density at radius 2 is 1.43 bits per heavy atom. The Hall–Kier alpha value is -0.0300. The van der Waals surface area contributed by atoms with Crippen LogP contribution in [0.3, 0.4) is 0 Å². The standard InChI is InChI=1S/C7H18OS.C7H12.C3H8O2/c1-6-9(5,8)7(2,3)4;1-2-7-5-3-4-6-7;1-3(2,4)5/h8H,6H2,1-5H3;2,7H,1,3-6H2;4-5H,1-2H3. The van der Waals surface area contributed by atoms with Gasteiger partial charge in [-0.25, -0.2) is 0 Å². The van der Waals surface area contributed by atoms with Gasteiger partial charge in [0.05, 0.1) is 0 Å². The van der Waals surface area contributed by atoms with Crippen molar-refractivity contribution in [3.8, 4) is 0 Å². The van der Waals surface area contributed by atoms with Crippen LogP contribution in [-0.2, 0) is 0 Å². The van der Waals surface area contributed by atoms with Gasteiger partial charge in [0.15, 0.2) is 5.79 Å². The minimum absolute atomic E-state index is 0.0851. The van der Waals surface area contributed by atoms with Crippen LogP contribution in [0.1, 0.15) is 67.2 Å². The van der Waals surface area contributed by atoms with Gasteiger partial charge in [0, 0.05) is 4.75 Å². The Morgan fingerprint density at radius 1 is 1.10 bits per heavy atom. The number of hydrogen-bond donors (Lipinski definition) is 3. The third-order valence-corrected chi connectivity index (χ3v) is 7.38. The molecule has 0 aliphatic heterocycles. The molecular weight excluding hydrogens is 284 g/mol. The molecule has 1 aliphatic carbocycles. The predicted octanol–water partition coefficient (Wildman–Crippen LogP) is 4.78. The third-order valence-electron chi connectivity index (χ3n) is 3.61. The van der Waals surface area contributed by atoms with E-state index in [1.807, 2.05) is 13.2 Å². The average Bonchev–Trinajstić information content (AvgIpc) is 2.78. The van der Waals surface area contributed by atoms with Gasteiger partial charge in [0.2, 0.25) is 0 Å². The molecule has 130 valence electrons. The molecule has 0 heterocycles. The monoisotopic (exact) mass is 322 g/mol. The van der Waals surface area contributed by atoms with Crippen LogP contribution in [-0.4, -0.2) is 37.3 Å². The first-order chi connectivity index (χ1) is 9.24. The fourth-order valence-electron chi connectivity index (χ4n) is 1.63. The molecule has 0 radical (unpaired) electrons. The van der Waals surface area contributed by atoms with Gasteiger partial charge >= 0.3 is 0 Å². The van der Waals surface area contributed by atoms with Crippen LogP contribution >= 0.6 is 10.3 Å². The normalized spacial score (nSPS) is 20.3. The van der Waals surface area contributed by atoms with Crippen molar-refractivity contribution in [1.82, 2.24) is 0 Å². The van der Waals surface area contributed by atoms with E-state index in [0.29, 0.717) is 0 Å². The summed E-state index contributed by atoms with van der Waals surface area (Å²) in [5.41, 5.74) is 0. The topological polar surface area (TPSA) is 60.7 Å². The summed E-state index contributed by atoms with van der Waals surface area (Å²) in [6, 6.07) is 0. The molecule has 0 bridgehead atoms. The molecule has 4 heteroatoms. The molecule has 1 saturated carbocycles. The van der Waals surface area contributed by atoms with Crippen molar-refractivity contribution in [2.75, 3.05) is 12.0 Å². The highest BCUT2D eigenvalue weighted by Gasteiger charge is 2.27. The van der Waals surface area contributed by atoms with Crippen molar-refractivity contribution in [3.05, 3.63) is 12.7 Å². The zero-order chi connectivity index (χ0) is 17.3. The quantitative estimate of drug-likeness (QED) is 0.506. The number of aliphatic hydroxyl groups is 2. The highest BCUT2D eigenvalue weighted by molar-refractivity contribution is 8.29. The summed E-state index contributed by atoms with van der Waals surface area (Å²) in [6.07, 6.45) is 9.69. The van der Waals surface area contributed by atoms with Gasteiger partial charge in [-0.15, -0.1) is 16.9 Å². The smallest absolute Gasteiger partial charge is 0.156 e. The van der Waals surface area contributed by atoms with Crippen LogP contribution in [0.5, 0.6) is 0 Å². The fourth-order valence-corrected chi connectivity index (χ4v) is 2.49. The lowest BCUT2D eigenvalue weighted by Crippen LogP contribution is -2.24. The van der Waals surface area contributed by atoms with E-state index in [1.165, 1.54) is 39.5 Å². The van der Waals surface area contributed by atoms with E-state index in [9.17, 15) is 4.55 Å². The number of hydrogen-bond acceptors (Lipinski definition) is 3. The first-order valence-corrected chi connectivity index (χ1v) is 9.96. The molecule has 1 fully saturated rings. The van der Waals surface area contributed by atoms with Crippen molar-refractivity contribution in [3.63, 3.8) is 0 Å². The molecule has 0 amide bonds. The number of rotatable bonds is 2. The minimum Gasteiger partial charge on any atom is -0.366 e. The molecule has 1 rings (SSSR count). The van der Waals surface area contributed by atoms with Gasteiger partial charge in [0.1, 0.15) is 0 Å². The van der Waals surface area contributed by atoms with Crippen molar-refractivity contribution in [1.29, 1.82) is 0 Å². The van der Waals surface area contributed by atoms with E-state index in [0.717, 1.165) is 11.7 Å². The molecule has 1 unspecified atom stereocenters. The van der Waals surface area contributed by atoms with Gasteiger partial charge in [-0.2, -0.15) is 0 Å². The SMILES string of the molecule is C=CC1CCCC1.CC(C)(O)O.CCS(C)(O)C(C)(C)C. The Bertz CT molecular complexity index is 263. The maximum Gasteiger partial charge on any atom is 0.156 e. The largest absolute Gasteiger partial charge is 0.366 e. The van der Waals surface area contributed by atoms with E-state index < -0.39 is 16.1 Å². The average molecular weight is 323 g/mol. The zero-order valence-electron chi connectivity index (χ0n) is 15.1. The molecule has 0 aromatic heterocycles. The Morgan fingerprint density at radius 3 is 1.52 bits per heavy atom. The first kappa shape index (κ1) is 23.2. The van der Waals surface area contributed by atoms with Gasteiger partial charge < -0.3 is 14.8 Å².